The second-order valence-electron chi connectivity index (χ2n) is 4.89. The van der Waals surface area contributed by atoms with Crippen LogP contribution >= 0.6 is 11.3 Å². The van der Waals surface area contributed by atoms with Gasteiger partial charge < -0.3 is 4.42 Å². The summed E-state index contributed by atoms with van der Waals surface area (Å²) in [4.78, 5) is 5.10. The van der Waals surface area contributed by atoms with Crippen molar-refractivity contribution >= 4 is 27.0 Å². The molecule has 2 aromatic heterocycles. The Morgan fingerprint density at radius 2 is 2.05 bits per heavy atom. The van der Waals surface area contributed by atoms with Crippen LogP contribution in [0.4, 0.5) is 5.69 Å². The monoisotopic (exact) mass is 334 g/mol. The number of hydrogen-bond donors (Lipinski definition) is 1. The predicted molar refractivity (Wildman–Crippen MR) is 86.5 cm³/mol. The smallest absolute Gasteiger partial charge is 0.262 e. The molecule has 0 radical (unpaired) electrons. The molecule has 7 heteroatoms. The quantitative estimate of drug-likeness (QED) is 0.787. The molecule has 0 aliphatic rings. The Labute approximate surface area is 132 Å². The number of aromatic nitrogens is 1. The molecule has 22 heavy (non-hydrogen) atoms. The average Bonchev–Trinajstić information content (AvgIpc) is 3.12. The van der Waals surface area contributed by atoms with Gasteiger partial charge >= 0.3 is 0 Å². The molecule has 1 aromatic carbocycles. The molecule has 0 bridgehead atoms. The van der Waals surface area contributed by atoms with Gasteiger partial charge in [0.25, 0.3) is 10.0 Å². The fourth-order valence-corrected chi connectivity index (χ4v) is 4.26. The third-order valence-corrected chi connectivity index (χ3v) is 5.57. The van der Waals surface area contributed by atoms with Crippen LogP contribution in [0.2, 0.25) is 0 Å². The second kappa shape index (κ2) is 5.58. The minimum Gasteiger partial charge on any atom is -0.444 e. The van der Waals surface area contributed by atoms with E-state index in [4.69, 9.17) is 4.42 Å². The van der Waals surface area contributed by atoms with Crippen LogP contribution in [0.3, 0.4) is 0 Å². The number of rotatable bonds is 4. The molecule has 3 rings (SSSR count). The van der Waals surface area contributed by atoms with Crippen LogP contribution in [0.5, 0.6) is 0 Å². The molecule has 2 heterocycles. The number of aryl methyl sites for hydroxylation is 2. The maximum absolute atomic E-state index is 12.4. The highest BCUT2D eigenvalue weighted by atomic mass is 32.2. The van der Waals surface area contributed by atoms with Crippen molar-refractivity contribution in [3.05, 3.63) is 52.7 Å². The molecule has 0 aliphatic carbocycles. The summed E-state index contributed by atoms with van der Waals surface area (Å²) in [7, 11) is -3.59. The highest BCUT2D eigenvalue weighted by Crippen LogP contribution is 2.28. The van der Waals surface area contributed by atoms with E-state index in [0.717, 1.165) is 16.0 Å². The summed E-state index contributed by atoms with van der Waals surface area (Å²) in [6.07, 6.45) is 2.93. The van der Waals surface area contributed by atoms with Crippen LogP contribution in [-0.4, -0.2) is 13.4 Å². The lowest BCUT2D eigenvalue weighted by Crippen LogP contribution is -2.13. The van der Waals surface area contributed by atoms with Crippen molar-refractivity contribution in [1.82, 2.24) is 4.98 Å². The first-order chi connectivity index (χ1) is 10.5. The lowest BCUT2D eigenvalue weighted by Gasteiger charge is -2.10. The van der Waals surface area contributed by atoms with Crippen molar-refractivity contribution in [2.24, 2.45) is 0 Å². The molecule has 5 nitrogen and oxygen atoms in total. The maximum atomic E-state index is 12.4. The summed E-state index contributed by atoms with van der Waals surface area (Å²) < 4.78 is 32.7. The first kappa shape index (κ1) is 14.8. The van der Waals surface area contributed by atoms with Crippen LogP contribution in [0.25, 0.3) is 11.3 Å². The van der Waals surface area contributed by atoms with Gasteiger partial charge in [0.2, 0.25) is 0 Å². The van der Waals surface area contributed by atoms with Gasteiger partial charge in [0.1, 0.15) is 0 Å². The van der Waals surface area contributed by atoms with Crippen molar-refractivity contribution in [1.29, 1.82) is 0 Å². The summed E-state index contributed by atoms with van der Waals surface area (Å²) in [5.41, 5.74) is 2.12. The van der Waals surface area contributed by atoms with E-state index in [1.165, 1.54) is 17.7 Å². The second-order valence-corrected chi connectivity index (χ2v) is 7.69. The van der Waals surface area contributed by atoms with Crippen molar-refractivity contribution in [2.45, 2.75) is 18.7 Å². The first-order valence-corrected chi connectivity index (χ1v) is 8.89. The van der Waals surface area contributed by atoms with E-state index in [1.807, 2.05) is 26.0 Å². The molecule has 0 unspecified atom stereocenters. The van der Waals surface area contributed by atoms with E-state index in [-0.39, 0.29) is 4.90 Å². The van der Waals surface area contributed by atoms with Crippen molar-refractivity contribution in [3.8, 4) is 11.3 Å². The van der Waals surface area contributed by atoms with Gasteiger partial charge in [0, 0.05) is 15.8 Å². The van der Waals surface area contributed by atoms with Gasteiger partial charge in [0.15, 0.2) is 12.2 Å². The molecule has 0 saturated heterocycles. The maximum Gasteiger partial charge on any atom is 0.262 e. The zero-order chi connectivity index (χ0) is 15.7. The number of sulfonamides is 1. The van der Waals surface area contributed by atoms with E-state index in [9.17, 15) is 8.42 Å². The topological polar surface area (TPSA) is 72.2 Å². The number of oxazole rings is 1. The van der Waals surface area contributed by atoms with E-state index in [2.05, 4.69) is 9.71 Å². The lowest BCUT2D eigenvalue weighted by atomic mass is 10.1. The summed E-state index contributed by atoms with van der Waals surface area (Å²) in [5.74, 6) is 0.590. The third kappa shape index (κ3) is 2.90. The van der Waals surface area contributed by atoms with Crippen LogP contribution in [0, 0.1) is 13.8 Å². The number of nitrogens with one attached hydrogen (secondary N) is 1. The Bertz CT molecular complexity index is 897. The van der Waals surface area contributed by atoms with E-state index in [0.29, 0.717) is 11.4 Å². The summed E-state index contributed by atoms with van der Waals surface area (Å²) in [6, 6.07) is 7.10. The number of benzene rings is 1. The highest BCUT2D eigenvalue weighted by Gasteiger charge is 2.17. The molecule has 0 amide bonds. The van der Waals surface area contributed by atoms with Gasteiger partial charge in [-0.25, -0.2) is 13.4 Å². The average molecular weight is 334 g/mol. The summed E-state index contributed by atoms with van der Waals surface area (Å²) in [5, 5.41) is 1.63. The van der Waals surface area contributed by atoms with Gasteiger partial charge in [-0.15, -0.1) is 11.3 Å². The number of nitrogens with zero attached hydrogens (tertiary/aromatic N) is 1. The van der Waals surface area contributed by atoms with Crippen molar-refractivity contribution in [2.75, 3.05) is 4.72 Å². The lowest BCUT2D eigenvalue weighted by molar-refractivity contribution is 0.572. The van der Waals surface area contributed by atoms with E-state index in [1.54, 1.807) is 23.7 Å². The highest BCUT2D eigenvalue weighted by molar-refractivity contribution is 7.92. The Hall–Kier alpha value is -2.12. The third-order valence-electron chi connectivity index (χ3n) is 3.22. The fourth-order valence-electron chi connectivity index (χ4n) is 2.01. The standard InChI is InChI=1S/C15H14N2O3S2/c1-10-3-4-12(15-7-16-9-20-15)6-14(10)17-22(18,19)13-5-11(2)21-8-13/h3-9,17H,1-2H3. The largest absolute Gasteiger partial charge is 0.444 e. The van der Waals surface area contributed by atoms with Gasteiger partial charge in [-0.3, -0.25) is 4.72 Å². The zero-order valence-electron chi connectivity index (χ0n) is 12.0. The number of anilines is 1. The van der Waals surface area contributed by atoms with Crippen LogP contribution in [0.1, 0.15) is 10.4 Å². The molecular weight excluding hydrogens is 320 g/mol. The molecule has 3 aromatic rings. The molecule has 1 N–H and O–H groups in total. The SMILES string of the molecule is Cc1cc(S(=O)(=O)Nc2cc(-c3cnco3)ccc2C)cs1. The normalized spacial score (nSPS) is 11.5. The minimum absolute atomic E-state index is 0.277. The molecule has 0 spiro atoms. The molecule has 0 saturated carbocycles. The van der Waals surface area contributed by atoms with Crippen LogP contribution in [0.15, 0.2) is 51.5 Å². The summed E-state index contributed by atoms with van der Waals surface area (Å²) in [6.45, 7) is 3.72. The number of thiophene rings is 1. The molecule has 114 valence electrons. The Kier molecular flexibility index (Phi) is 3.76. The predicted octanol–water partition coefficient (Wildman–Crippen LogP) is 3.82. The van der Waals surface area contributed by atoms with Crippen LogP contribution < -0.4 is 4.72 Å². The zero-order valence-corrected chi connectivity index (χ0v) is 13.7. The Balaban J connectivity index is 1.97. The van der Waals surface area contributed by atoms with E-state index >= 15 is 0 Å². The van der Waals surface area contributed by atoms with Crippen molar-refractivity contribution < 1.29 is 12.8 Å². The Morgan fingerprint density at radius 3 is 2.68 bits per heavy atom. The van der Waals surface area contributed by atoms with Gasteiger partial charge in [-0.2, -0.15) is 0 Å². The molecular formula is C15H14N2O3S2. The van der Waals surface area contributed by atoms with Crippen molar-refractivity contribution in [3.63, 3.8) is 0 Å². The number of hydrogen-bond acceptors (Lipinski definition) is 5. The molecule has 0 atom stereocenters. The van der Waals surface area contributed by atoms with Gasteiger partial charge in [-0.05, 0) is 31.5 Å². The Morgan fingerprint density at radius 1 is 1.23 bits per heavy atom. The minimum atomic E-state index is -3.59. The fraction of sp³-hybridized carbons (Fsp3) is 0.133. The first-order valence-electron chi connectivity index (χ1n) is 6.53. The molecule has 0 fully saturated rings. The molecule has 0 aliphatic heterocycles. The van der Waals surface area contributed by atoms with Gasteiger partial charge in [-0.1, -0.05) is 12.1 Å². The van der Waals surface area contributed by atoms with Gasteiger partial charge in [0.05, 0.1) is 16.8 Å². The van der Waals surface area contributed by atoms with E-state index < -0.39 is 10.0 Å². The van der Waals surface area contributed by atoms with Crippen LogP contribution in [-0.2, 0) is 10.0 Å². The summed E-state index contributed by atoms with van der Waals surface area (Å²) >= 11 is 1.40.